The van der Waals surface area contributed by atoms with Gasteiger partial charge in [0.2, 0.25) is 5.91 Å². The second-order valence-corrected chi connectivity index (χ2v) is 7.44. The van der Waals surface area contributed by atoms with Gasteiger partial charge in [0.05, 0.1) is 16.7 Å². The summed E-state index contributed by atoms with van der Waals surface area (Å²) >= 11 is 1.63. The van der Waals surface area contributed by atoms with Gasteiger partial charge in [0.15, 0.2) is 0 Å². The molecule has 2 aliphatic heterocycles. The number of hydrogen-bond donors (Lipinski definition) is 1. The molecule has 2 unspecified atom stereocenters. The van der Waals surface area contributed by atoms with E-state index in [1.54, 1.807) is 11.3 Å². The number of rotatable bonds is 4. The molecule has 2 aliphatic rings. The number of carbonyl (C=O) groups excluding carboxylic acids is 1. The van der Waals surface area contributed by atoms with Crippen LogP contribution in [0.25, 0.3) is 0 Å². The first kappa shape index (κ1) is 15.6. The van der Waals surface area contributed by atoms with Crippen molar-refractivity contribution >= 4 is 17.2 Å². The van der Waals surface area contributed by atoms with Crippen LogP contribution in [0.2, 0.25) is 0 Å². The minimum atomic E-state index is -0.00181. The van der Waals surface area contributed by atoms with Crippen molar-refractivity contribution in [3.05, 3.63) is 45.9 Å². The van der Waals surface area contributed by atoms with E-state index in [9.17, 15) is 4.79 Å². The Hall–Kier alpha value is -1.92. The highest BCUT2D eigenvalue weighted by Gasteiger charge is 2.41. The Morgan fingerprint density at radius 3 is 2.92 bits per heavy atom. The van der Waals surface area contributed by atoms with Gasteiger partial charge in [-0.25, -0.2) is 4.98 Å². The molecule has 5 nitrogen and oxygen atoms in total. The zero-order chi connectivity index (χ0) is 16.5. The Morgan fingerprint density at radius 1 is 1.33 bits per heavy atom. The van der Waals surface area contributed by atoms with Gasteiger partial charge in [0, 0.05) is 11.9 Å². The molecule has 2 atom stereocenters. The molecule has 2 saturated heterocycles. The SMILES string of the molecule is Cc1nc(COc2ccc(C3NC(=O)C4CCCCN43)cc2)cs1. The van der Waals surface area contributed by atoms with E-state index in [0.717, 1.165) is 47.8 Å². The van der Waals surface area contributed by atoms with E-state index < -0.39 is 0 Å². The van der Waals surface area contributed by atoms with Crippen LogP contribution in [0.15, 0.2) is 29.6 Å². The van der Waals surface area contributed by atoms with Crippen molar-refractivity contribution in [1.82, 2.24) is 15.2 Å². The van der Waals surface area contributed by atoms with Gasteiger partial charge in [-0.05, 0) is 37.5 Å². The van der Waals surface area contributed by atoms with Gasteiger partial charge in [-0.3, -0.25) is 9.69 Å². The summed E-state index contributed by atoms with van der Waals surface area (Å²) in [6, 6.07) is 8.08. The number of carbonyl (C=O) groups is 1. The van der Waals surface area contributed by atoms with E-state index in [1.165, 1.54) is 0 Å². The largest absolute Gasteiger partial charge is 0.487 e. The fourth-order valence-corrected chi connectivity index (χ4v) is 4.11. The third-order valence-electron chi connectivity index (χ3n) is 4.71. The number of fused-ring (bicyclic) bond motifs is 1. The number of ether oxygens (including phenoxy) is 1. The fraction of sp³-hybridized carbons (Fsp3) is 0.444. The molecule has 2 fully saturated rings. The Balaban J connectivity index is 1.43. The summed E-state index contributed by atoms with van der Waals surface area (Å²) in [5, 5.41) is 6.20. The van der Waals surface area contributed by atoms with Crippen LogP contribution in [0.4, 0.5) is 0 Å². The van der Waals surface area contributed by atoms with Crippen LogP contribution in [0, 0.1) is 6.92 Å². The summed E-state index contributed by atoms with van der Waals surface area (Å²) in [5.41, 5.74) is 2.07. The second kappa shape index (κ2) is 6.53. The lowest BCUT2D eigenvalue weighted by Gasteiger charge is -2.31. The summed E-state index contributed by atoms with van der Waals surface area (Å²) in [6.07, 6.45) is 3.27. The van der Waals surface area contributed by atoms with Gasteiger partial charge >= 0.3 is 0 Å². The predicted octanol–water partition coefficient (Wildman–Crippen LogP) is 3.01. The maximum absolute atomic E-state index is 12.1. The monoisotopic (exact) mass is 343 g/mol. The van der Waals surface area contributed by atoms with Crippen LogP contribution in [0.1, 0.15) is 41.7 Å². The number of hydrogen-bond acceptors (Lipinski definition) is 5. The molecule has 2 aromatic rings. The molecule has 0 radical (unpaired) electrons. The first-order valence-electron chi connectivity index (χ1n) is 8.40. The van der Waals surface area contributed by atoms with Crippen LogP contribution in [-0.4, -0.2) is 28.4 Å². The van der Waals surface area contributed by atoms with Crippen LogP contribution in [-0.2, 0) is 11.4 Å². The average Bonchev–Trinajstić information content (AvgIpc) is 3.18. The summed E-state index contributed by atoms with van der Waals surface area (Å²) in [5.74, 6) is 0.989. The van der Waals surface area contributed by atoms with Gasteiger partial charge in [0.25, 0.3) is 0 Å². The molecule has 1 N–H and O–H groups in total. The van der Waals surface area contributed by atoms with Crippen LogP contribution >= 0.6 is 11.3 Å². The maximum Gasteiger partial charge on any atom is 0.238 e. The highest BCUT2D eigenvalue weighted by Crippen LogP contribution is 2.32. The van der Waals surface area contributed by atoms with E-state index in [-0.39, 0.29) is 18.1 Å². The smallest absolute Gasteiger partial charge is 0.238 e. The number of piperidine rings is 1. The molecule has 1 aromatic heterocycles. The van der Waals surface area contributed by atoms with Gasteiger partial charge in [-0.15, -0.1) is 11.3 Å². The number of nitrogens with zero attached hydrogens (tertiary/aromatic N) is 2. The average molecular weight is 343 g/mol. The minimum Gasteiger partial charge on any atom is -0.487 e. The quantitative estimate of drug-likeness (QED) is 0.927. The normalized spacial score (nSPS) is 23.8. The lowest BCUT2D eigenvalue weighted by Crippen LogP contribution is -2.38. The van der Waals surface area contributed by atoms with E-state index in [2.05, 4.69) is 15.2 Å². The molecule has 126 valence electrons. The van der Waals surface area contributed by atoms with E-state index in [1.807, 2.05) is 36.6 Å². The van der Waals surface area contributed by atoms with Crippen molar-refractivity contribution in [2.75, 3.05) is 6.54 Å². The first-order chi connectivity index (χ1) is 11.7. The number of amides is 1. The molecule has 4 rings (SSSR count). The Morgan fingerprint density at radius 2 is 2.17 bits per heavy atom. The van der Waals surface area contributed by atoms with Crippen molar-refractivity contribution in [3.8, 4) is 5.75 Å². The van der Waals surface area contributed by atoms with Gasteiger partial charge < -0.3 is 10.1 Å². The summed E-state index contributed by atoms with van der Waals surface area (Å²) in [6.45, 7) is 3.46. The molecule has 3 heterocycles. The van der Waals surface area contributed by atoms with Crippen molar-refractivity contribution in [1.29, 1.82) is 0 Å². The molecule has 0 spiro atoms. The molecule has 1 aromatic carbocycles. The highest BCUT2D eigenvalue weighted by atomic mass is 32.1. The highest BCUT2D eigenvalue weighted by molar-refractivity contribution is 7.09. The zero-order valence-electron chi connectivity index (χ0n) is 13.7. The van der Waals surface area contributed by atoms with Crippen molar-refractivity contribution in [2.45, 2.75) is 45.0 Å². The molecular formula is C18H21N3O2S. The summed E-state index contributed by atoms with van der Waals surface area (Å²) < 4.78 is 5.79. The number of benzene rings is 1. The first-order valence-corrected chi connectivity index (χ1v) is 9.28. The third-order valence-corrected chi connectivity index (χ3v) is 5.53. The summed E-state index contributed by atoms with van der Waals surface area (Å²) in [4.78, 5) is 18.8. The van der Waals surface area contributed by atoms with Gasteiger partial charge in [0.1, 0.15) is 18.5 Å². The third kappa shape index (κ3) is 3.03. The van der Waals surface area contributed by atoms with Crippen LogP contribution < -0.4 is 10.1 Å². The molecule has 0 aliphatic carbocycles. The van der Waals surface area contributed by atoms with E-state index in [0.29, 0.717) is 6.61 Å². The van der Waals surface area contributed by atoms with Crippen molar-refractivity contribution < 1.29 is 9.53 Å². The minimum absolute atomic E-state index is 0.00181. The predicted molar refractivity (Wildman–Crippen MR) is 92.9 cm³/mol. The molecular weight excluding hydrogens is 322 g/mol. The van der Waals surface area contributed by atoms with Gasteiger partial charge in [-0.2, -0.15) is 0 Å². The lowest BCUT2D eigenvalue weighted by atomic mass is 10.0. The number of nitrogens with one attached hydrogen (secondary N) is 1. The molecule has 0 bridgehead atoms. The zero-order valence-corrected chi connectivity index (χ0v) is 14.5. The van der Waals surface area contributed by atoms with Crippen molar-refractivity contribution in [3.63, 3.8) is 0 Å². The van der Waals surface area contributed by atoms with Crippen LogP contribution in [0.5, 0.6) is 5.75 Å². The van der Waals surface area contributed by atoms with Crippen molar-refractivity contribution in [2.24, 2.45) is 0 Å². The lowest BCUT2D eigenvalue weighted by molar-refractivity contribution is -0.122. The molecule has 6 heteroatoms. The van der Waals surface area contributed by atoms with E-state index >= 15 is 0 Å². The number of thiazole rings is 1. The molecule has 24 heavy (non-hydrogen) atoms. The topological polar surface area (TPSA) is 54.5 Å². The number of aryl methyl sites for hydroxylation is 1. The second-order valence-electron chi connectivity index (χ2n) is 6.38. The molecule has 1 amide bonds. The Bertz CT molecular complexity index is 728. The molecule has 0 saturated carbocycles. The summed E-state index contributed by atoms with van der Waals surface area (Å²) in [7, 11) is 0. The Labute approximate surface area is 145 Å². The van der Waals surface area contributed by atoms with Gasteiger partial charge in [-0.1, -0.05) is 18.6 Å². The standard InChI is InChI=1S/C18H21N3O2S/c1-12-19-14(11-24-12)10-23-15-7-5-13(6-8-15)17-20-18(22)16-4-2-3-9-21(16)17/h5-8,11,16-17H,2-4,9-10H2,1H3,(H,20,22). The number of aromatic nitrogens is 1. The fourth-order valence-electron chi connectivity index (χ4n) is 3.51. The maximum atomic E-state index is 12.1. The van der Waals surface area contributed by atoms with Crippen LogP contribution in [0.3, 0.4) is 0 Å². The van der Waals surface area contributed by atoms with E-state index in [4.69, 9.17) is 4.74 Å². The Kier molecular flexibility index (Phi) is 4.24.